The first-order chi connectivity index (χ1) is 13.6. The Morgan fingerprint density at radius 3 is 2.50 bits per heavy atom. The van der Waals surface area contributed by atoms with Gasteiger partial charge in [0.15, 0.2) is 5.82 Å². The molecule has 0 radical (unpaired) electrons. The number of piperazine rings is 1. The topological polar surface area (TPSA) is 49.3 Å². The molecule has 5 nitrogen and oxygen atoms in total. The molecular weight excluding hydrogens is 423 g/mol. The summed E-state index contributed by atoms with van der Waals surface area (Å²) in [7, 11) is 0. The predicted molar refractivity (Wildman–Crippen MR) is 110 cm³/mol. The lowest BCUT2D eigenvalue weighted by atomic mass is 10.1. The van der Waals surface area contributed by atoms with E-state index in [0.717, 1.165) is 11.4 Å². The summed E-state index contributed by atoms with van der Waals surface area (Å²) in [5.41, 5.74) is 1.06. The minimum atomic E-state index is -0.501. The molecule has 3 aromatic rings. The molecule has 1 aliphatic heterocycles. The fraction of sp³-hybridized carbons (Fsp3) is 0.190. The summed E-state index contributed by atoms with van der Waals surface area (Å²) in [5, 5.41) is 0. The molecule has 1 aliphatic rings. The van der Waals surface area contributed by atoms with Gasteiger partial charge < -0.3 is 9.80 Å². The summed E-state index contributed by atoms with van der Waals surface area (Å²) in [6, 6.07) is 16.1. The number of nitrogens with zero attached hydrogens (tertiary/aromatic N) is 4. The van der Waals surface area contributed by atoms with E-state index in [1.807, 2.05) is 36.4 Å². The Balaban J connectivity index is 1.46. The van der Waals surface area contributed by atoms with Crippen LogP contribution in [-0.2, 0) is 0 Å². The number of anilines is 1. The van der Waals surface area contributed by atoms with Crippen molar-refractivity contribution in [3.8, 4) is 11.4 Å². The molecule has 0 saturated carbocycles. The Labute approximate surface area is 171 Å². The molecule has 1 amide bonds. The Morgan fingerprint density at radius 1 is 1.00 bits per heavy atom. The van der Waals surface area contributed by atoms with Crippen molar-refractivity contribution in [1.82, 2.24) is 14.9 Å². The smallest absolute Gasteiger partial charge is 0.256 e. The van der Waals surface area contributed by atoms with Crippen molar-refractivity contribution >= 4 is 27.7 Å². The number of amides is 1. The first-order valence-corrected chi connectivity index (χ1v) is 9.79. The molecule has 0 spiro atoms. The molecule has 2 heterocycles. The second-order valence-electron chi connectivity index (χ2n) is 6.51. The Morgan fingerprint density at radius 2 is 1.75 bits per heavy atom. The zero-order chi connectivity index (χ0) is 19.5. The van der Waals surface area contributed by atoms with E-state index >= 15 is 0 Å². The molecule has 1 saturated heterocycles. The maximum Gasteiger partial charge on any atom is 0.256 e. The van der Waals surface area contributed by atoms with Crippen molar-refractivity contribution in [1.29, 1.82) is 0 Å². The van der Waals surface area contributed by atoms with Crippen molar-refractivity contribution in [2.45, 2.75) is 0 Å². The standard InChI is InChI=1S/C21H18BrFN4O/c22-16-6-7-18(23)17(14-16)21(28)27-12-10-26(11-13-27)19-8-9-24-20(25-19)15-4-2-1-3-5-15/h1-9,14H,10-13H2. The fourth-order valence-electron chi connectivity index (χ4n) is 3.22. The fourth-order valence-corrected chi connectivity index (χ4v) is 3.58. The van der Waals surface area contributed by atoms with Gasteiger partial charge in [-0.3, -0.25) is 4.79 Å². The van der Waals surface area contributed by atoms with Crippen LogP contribution in [0.3, 0.4) is 0 Å². The van der Waals surface area contributed by atoms with Gasteiger partial charge in [-0.25, -0.2) is 14.4 Å². The largest absolute Gasteiger partial charge is 0.353 e. The highest BCUT2D eigenvalue weighted by Gasteiger charge is 2.25. The van der Waals surface area contributed by atoms with Crippen LogP contribution in [0.25, 0.3) is 11.4 Å². The number of benzene rings is 2. The second kappa shape index (κ2) is 8.06. The monoisotopic (exact) mass is 440 g/mol. The van der Waals surface area contributed by atoms with Crippen LogP contribution in [0.1, 0.15) is 10.4 Å². The molecule has 1 aromatic heterocycles. The van der Waals surface area contributed by atoms with Gasteiger partial charge in [-0.1, -0.05) is 46.3 Å². The van der Waals surface area contributed by atoms with E-state index in [4.69, 9.17) is 0 Å². The van der Waals surface area contributed by atoms with Crippen LogP contribution >= 0.6 is 15.9 Å². The highest BCUT2D eigenvalue weighted by atomic mass is 79.9. The molecule has 28 heavy (non-hydrogen) atoms. The molecule has 1 fully saturated rings. The SMILES string of the molecule is O=C(c1cc(Br)ccc1F)N1CCN(c2ccnc(-c3ccccc3)n2)CC1. The number of hydrogen-bond acceptors (Lipinski definition) is 4. The van der Waals surface area contributed by atoms with Crippen LogP contribution in [0.5, 0.6) is 0 Å². The molecular formula is C21H18BrFN4O. The molecule has 0 bridgehead atoms. The van der Waals surface area contributed by atoms with Gasteiger partial charge in [0, 0.05) is 42.4 Å². The van der Waals surface area contributed by atoms with E-state index in [0.29, 0.717) is 36.5 Å². The van der Waals surface area contributed by atoms with Crippen LogP contribution < -0.4 is 4.90 Å². The summed E-state index contributed by atoms with van der Waals surface area (Å²) in [5.74, 6) is 0.715. The lowest BCUT2D eigenvalue weighted by Crippen LogP contribution is -2.49. The first-order valence-electron chi connectivity index (χ1n) is 8.99. The third-order valence-corrected chi connectivity index (χ3v) is 5.22. The molecule has 0 atom stereocenters. The second-order valence-corrected chi connectivity index (χ2v) is 7.42. The van der Waals surface area contributed by atoms with Gasteiger partial charge in [0.25, 0.3) is 5.91 Å². The van der Waals surface area contributed by atoms with E-state index in [1.54, 1.807) is 17.2 Å². The van der Waals surface area contributed by atoms with Gasteiger partial charge in [0.2, 0.25) is 0 Å². The maximum absolute atomic E-state index is 14.0. The van der Waals surface area contributed by atoms with E-state index in [1.165, 1.54) is 12.1 Å². The summed E-state index contributed by atoms with van der Waals surface area (Å²) in [4.78, 5) is 25.5. The van der Waals surface area contributed by atoms with E-state index < -0.39 is 5.82 Å². The van der Waals surface area contributed by atoms with Crippen molar-refractivity contribution in [2.24, 2.45) is 0 Å². The minimum Gasteiger partial charge on any atom is -0.353 e. The van der Waals surface area contributed by atoms with Crippen molar-refractivity contribution in [3.63, 3.8) is 0 Å². The number of hydrogen-bond donors (Lipinski definition) is 0. The molecule has 2 aromatic carbocycles. The summed E-state index contributed by atoms with van der Waals surface area (Å²) in [6.45, 7) is 2.28. The zero-order valence-corrected chi connectivity index (χ0v) is 16.6. The lowest BCUT2D eigenvalue weighted by Gasteiger charge is -2.35. The van der Waals surface area contributed by atoms with Crippen LogP contribution in [-0.4, -0.2) is 47.0 Å². The third kappa shape index (κ3) is 3.89. The maximum atomic E-state index is 14.0. The minimum absolute atomic E-state index is 0.0937. The first kappa shape index (κ1) is 18.6. The highest BCUT2D eigenvalue weighted by molar-refractivity contribution is 9.10. The number of halogens is 2. The summed E-state index contributed by atoms with van der Waals surface area (Å²) in [6.07, 6.45) is 1.75. The Kier molecular flexibility index (Phi) is 5.34. The van der Waals surface area contributed by atoms with E-state index in [-0.39, 0.29) is 11.5 Å². The molecule has 7 heteroatoms. The number of carbonyl (C=O) groups excluding carboxylic acids is 1. The highest BCUT2D eigenvalue weighted by Crippen LogP contribution is 2.21. The molecule has 0 N–H and O–H groups in total. The van der Waals surface area contributed by atoms with Crippen molar-refractivity contribution in [2.75, 3.05) is 31.1 Å². The molecule has 4 rings (SSSR count). The lowest BCUT2D eigenvalue weighted by molar-refractivity contribution is 0.0741. The van der Waals surface area contributed by atoms with Gasteiger partial charge in [-0.2, -0.15) is 0 Å². The number of rotatable bonds is 3. The number of aromatic nitrogens is 2. The van der Waals surface area contributed by atoms with Gasteiger partial charge >= 0.3 is 0 Å². The third-order valence-electron chi connectivity index (χ3n) is 4.72. The molecule has 0 aliphatic carbocycles. The van der Waals surface area contributed by atoms with Crippen LogP contribution in [0.15, 0.2) is 65.3 Å². The van der Waals surface area contributed by atoms with E-state index in [2.05, 4.69) is 30.8 Å². The molecule has 0 unspecified atom stereocenters. The molecule has 142 valence electrons. The summed E-state index contributed by atoms with van der Waals surface area (Å²) < 4.78 is 14.7. The van der Waals surface area contributed by atoms with Crippen molar-refractivity contribution < 1.29 is 9.18 Å². The average Bonchev–Trinajstić information content (AvgIpc) is 2.76. The van der Waals surface area contributed by atoms with Gasteiger partial charge in [0.1, 0.15) is 11.6 Å². The Bertz CT molecular complexity index is 991. The Hall–Kier alpha value is -2.80. The van der Waals surface area contributed by atoms with Crippen molar-refractivity contribution in [3.05, 3.63) is 76.6 Å². The zero-order valence-electron chi connectivity index (χ0n) is 15.1. The number of carbonyl (C=O) groups is 1. The van der Waals surface area contributed by atoms with Gasteiger partial charge in [-0.05, 0) is 24.3 Å². The van der Waals surface area contributed by atoms with E-state index in [9.17, 15) is 9.18 Å². The van der Waals surface area contributed by atoms with Gasteiger partial charge in [-0.15, -0.1) is 0 Å². The van der Waals surface area contributed by atoms with Crippen LogP contribution in [0.4, 0.5) is 10.2 Å². The van der Waals surface area contributed by atoms with Crippen LogP contribution in [0, 0.1) is 5.82 Å². The normalized spacial score (nSPS) is 14.2. The summed E-state index contributed by atoms with van der Waals surface area (Å²) >= 11 is 3.29. The average molecular weight is 441 g/mol. The van der Waals surface area contributed by atoms with Gasteiger partial charge in [0.05, 0.1) is 5.56 Å². The quantitative estimate of drug-likeness (QED) is 0.617. The van der Waals surface area contributed by atoms with Crippen LogP contribution in [0.2, 0.25) is 0 Å². The predicted octanol–water partition coefficient (Wildman–Crippen LogP) is 4.01.